The summed E-state index contributed by atoms with van der Waals surface area (Å²) >= 11 is 12.0. The fourth-order valence-electron chi connectivity index (χ4n) is 1.74. The van der Waals surface area contributed by atoms with Crippen molar-refractivity contribution >= 4 is 29.0 Å². The number of hydrogen-bond donors (Lipinski definition) is 2. The van der Waals surface area contributed by atoms with Gasteiger partial charge in [-0.3, -0.25) is 0 Å². The van der Waals surface area contributed by atoms with Crippen LogP contribution in [-0.4, -0.2) is 20.6 Å². The number of benzene rings is 1. The van der Waals surface area contributed by atoms with Gasteiger partial charge in [-0.15, -0.1) is 0 Å². The van der Waals surface area contributed by atoms with Crippen LogP contribution < -0.4 is 5.73 Å². The molecule has 1 aromatic carbocycles. The van der Waals surface area contributed by atoms with Gasteiger partial charge in [-0.1, -0.05) is 34.4 Å². The maximum absolute atomic E-state index is 6.17. The van der Waals surface area contributed by atoms with Gasteiger partial charge in [0.15, 0.2) is 17.3 Å². The SMILES string of the molecule is Nc1noc(-c2cn[nH]n2)c1-c1ccc(Cl)cc1Cl. The molecule has 96 valence electrons. The van der Waals surface area contributed by atoms with E-state index in [-0.39, 0.29) is 5.82 Å². The standard InChI is InChI=1S/C11H7Cl2N5O/c12-5-1-2-6(7(13)3-5)9-10(19-17-11(9)14)8-4-15-18-16-8/h1-4H,(H2,14,17)(H,15,16,18). The van der Waals surface area contributed by atoms with Crippen molar-refractivity contribution in [3.8, 4) is 22.6 Å². The molecule has 0 atom stereocenters. The third kappa shape index (κ3) is 2.05. The van der Waals surface area contributed by atoms with Crippen LogP contribution in [0.5, 0.6) is 0 Å². The van der Waals surface area contributed by atoms with Gasteiger partial charge >= 0.3 is 0 Å². The number of nitrogens with two attached hydrogens (primary N) is 1. The summed E-state index contributed by atoms with van der Waals surface area (Å²) in [6, 6.07) is 5.08. The van der Waals surface area contributed by atoms with Gasteiger partial charge in [0.1, 0.15) is 0 Å². The van der Waals surface area contributed by atoms with Crippen LogP contribution in [0.1, 0.15) is 0 Å². The van der Waals surface area contributed by atoms with Crippen molar-refractivity contribution in [1.29, 1.82) is 0 Å². The molecule has 0 aliphatic rings. The topological polar surface area (TPSA) is 93.6 Å². The Bertz CT molecular complexity index is 723. The van der Waals surface area contributed by atoms with Gasteiger partial charge in [0.25, 0.3) is 0 Å². The molecule has 3 rings (SSSR count). The van der Waals surface area contributed by atoms with Gasteiger partial charge in [-0.05, 0) is 12.1 Å². The molecular weight excluding hydrogens is 289 g/mol. The number of aromatic nitrogens is 4. The predicted molar refractivity (Wildman–Crippen MR) is 71.7 cm³/mol. The Hall–Kier alpha value is -2.05. The summed E-state index contributed by atoms with van der Waals surface area (Å²) in [6.45, 7) is 0. The van der Waals surface area contributed by atoms with Crippen molar-refractivity contribution in [3.05, 3.63) is 34.4 Å². The lowest BCUT2D eigenvalue weighted by Crippen LogP contribution is -1.90. The molecule has 0 bridgehead atoms. The molecular formula is C11H7Cl2N5O. The van der Waals surface area contributed by atoms with Gasteiger partial charge in [0.05, 0.1) is 16.8 Å². The Morgan fingerprint density at radius 2 is 2.11 bits per heavy atom. The number of nitrogen functional groups attached to an aromatic ring is 1. The van der Waals surface area contributed by atoms with E-state index in [0.29, 0.717) is 32.6 Å². The second-order valence-electron chi connectivity index (χ2n) is 3.75. The molecule has 0 spiro atoms. The number of halogens is 2. The van der Waals surface area contributed by atoms with E-state index >= 15 is 0 Å². The van der Waals surface area contributed by atoms with E-state index in [2.05, 4.69) is 20.6 Å². The first-order chi connectivity index (χ1) is 9.16. The second kappa shape index (κ2) is 4.56. The zero-order chi connectivity index (χ0) is 13.4. The minimum atomic E-state index is 0.224. The van der Waals surface area contributed by atoms with E-state index < -0.39 is 0 Å². The maximum Gasteiger partial charge on any atom is 0.198 e. The van der Waals surface area contributed by atoms with E-state index in [1.807, 2.05) is 0 Å². The molecule has 0 aliphatic heterocycles. The quantitative estimate of drug-likeness (QED) is 0.758. The first-order valence-electron chi connectivity index (χ1n) is 5.23. The minimum absolute atomic E-state index is 0.224. The number of rotatable bonds is 2. The van der Waals surface area contributed by atoms with E-state index in [9.17, 15) is 0 Å². The van der Waals surface area contributed by atoms with E-state index in [0.717, 1.165) is 0 Å². The molecule has 6 nitrogen and oxygen atoms in total. The molecule has 0 radical (unpaired) electrons. The monoisotopic (exact) mass is 295 g/mol. The number of nitrogens with one attached hydrogen (secondary N) is 1. The summed E-state index contributed by atoms with van der Waals surface area (Å²) in [7, 11) is 0. The number of aromatic amines is 1. The molecule has 2 heterocycles. The Kier molecular flexibility index (Phi) is 2.88. The Labute approximate surface area is 117 Å². The fourth-order valence-corrected chi connectivity index (χ4v) is 2.24. The molecule has 2 aromatic heterocycles. The number of H-pyrrole nitrogens is 1. The van der Waals surface area contributed by atoms with Crippen LogP contribution in [0.4, 0.5) is 5.82 Å². The lowest BCUT2D eigenvalue weighted by Gasteiger charge is -2.04. The Balaban J connectivity index is 2.22. The highest BCUT2D eigenvalue weighted by atomic mass is 35.5. The molecule has 0 unspecified atom stereocenters. The highest BCUT2D eigenvalue weighted by Crippen LogP contribution is 2.39. The first kappa shape index (κ1) is 12.0. The largest absolute Gasteiger partial charge is 0.380 e. The van der Waals surface area contributed by atoms with Crippen molar-refractivity contribution in [2.24, 2.45) is 0 Å². The van der Waals surface area contributed by atoms with Crippen LogP contribution in [0, 0.1) is 0 Å². The molecule has 19 heavy (non-hydrogen) atoms. The molecule has 0 fully saturated rings. The summed E-state index contributed by atoms with van der Waals surface area (Å²) in [5.41, 5.74) is 7.56. The molecule has 0 saturated carbocycles. The van der Waals surface area contributed by atoms with Crippen LogP contribution in [0.3, 0.4) is 0 Å². The van der Waals surface area contributed by atoms with E-state index in [4.69, 9.17) is 33.5 Å². The summed E-state index contributed by atoms with van der Waals surface area (Å²) < 4.78 is 5.19. The molecule has 0 amide bonds. The van der Waals surface area contributed by atoms with Crippen molar-refractivity contribution in [2.45, 2.75) is 0 Å². The van der Waals surface area contributed by atoms with Gasteiger partial charge in [0.2, 0.25) is 0 Å². The molecule has 0 saturated heterocycles. The van der Waals surface area contributed by atoms with Crippen LogP contribution in [0.15, 0.2) is 28.9 Å². The molecule has 0 aliphatic carbocycles. The van der Waals surface area contributed by atoms with Crippen LogP contribution in [0.25, 0.3) is 22.6 Å². The average Bonchev–Trinajstić information content (AvgIpc) is 2.99. The zero-order valence-corrected chi connectivity index (χ0v) is 10.9. The fraction of sp³-hybridized carbons (Fsp3) is 0. The Morgan fingerprint density at radius 3 is 2.79 bits per heavy atom. The van der Waals surface area contributed by atoms with Crippen molar-refractivity contribution in [1.82, 2.24) is 20.6 Å². The van der Waals surface area contributed by atoms with E-state index in [1.165, 1.54) is 6.20 Å². The van der Waals surface area contributed by atoms with Gasteiger partial charge in [0, 0.05) is 10.6 Å². The smallest absolute Gasteiger partial charge is 0.198 e. The predicted octanol–water partition coefficient (Wildman–Crippen LogP) is 3.02. The molecule has 8 heteroatoms. The third-order valence-electron chi connectivity index (χ3n) is 2.57. The number of anilines is 1. The lowest BCUT2D eigenvalue weighted by molar-refractivity contribution is 0.434. The Morgan fingerprint density at radius 1 is 1.26 bits per heavy atom. The summed E-state index contributed by atoms with van der Waals surface area (Å²) in [4.78, 5) is 0. The van der Waals surface area contributed by atoms with Crippen LogP contribution in [0.2, 0.25) is 10.0 Å². The molecule has 3 N–H and O–H groups in total. The van der Waals surface area contributed by atoms with Crippen molar-refractivity contribution < 1.29 is 4.52 Å². The highest BCUT2D eigenvalue weighted by Gasteiger charge is 2.21. The average molecular weight is 296 g/mol. The summed E-state index contributed by atoms with van der Waals surface area (Å²) in [5, 5.41) is 14.9. The van der Waals surface area contributed by atoms with Crippen molar-refractivity contribution in [2.75, 3.05) is 5.73 Å². The van der Waals surface area contributed by atoms with Gasteiger partial charge in [-0.25, -0.2) is 0 Å². The lowest BCUT2D eigenvalue weighted by atomic mass is 10.0. The van der Waals surface area contributed by atoms with Crippen LogP contribution >= 0.6 is 23.2 Å². The highest BCUT2D eigenvalue weighted by molar-refractivity contribution is 6.36. The third-order valence-corrected chi connectivity index (χ3v) is 3.11. The number of hydrogen-bond acceptors (Lipinski definition) is 5. The summed E-state index contributed by atoms with van der Waals surface area (Å²) in [5.74, 6) is 0.623. The first-order valence-corrected chi connectivity index (χ1v) is 5.99. The zero-order valence-electron chi connectivity index (χ0n) is 9.39. The van der Waals surface area contributed by atoms with Crippen LogP contribution in [-0.2, 0) is 0 Å². The minimum Gasteiger partial charge on any atom is -0.380 e. The number of nitrogens with zero attached hydrogens (tertiary/aromatic N) is 3. The van der Waals surface area contributed by atoms with Gasteiger partial charge in [-0.2, -0.15) is 15.4 Å². The normalized spacial score (nSPS) is 10.8. The second-order valence-corrected chi connectivity index (χ2v) is 4.59. The van der Waals surface area contributed by atoms with Gasteiger partial charge < -0.3 is 10.3 Å². The molecule has 3 aromatic rings. The summed E-state index contributed by atoms with van der Waals surface area (Å²) in [6.07, 6.45) is 1.51. The maximum atomic E-state index is 6.17. The van der Waals surface area contributed by atoms with Crippen molar-refractivity contribution in [3.63, 3.8) is 0 Å². The van der Waals surface area contributed by atoms with E-state index in [1.54, 1.807) is 18.2 Å².